The van der Waals surface area contributed by atoms with Crippen molar-refractivity contribution in [1.82, 2.24) is 0 Å². The Balaban J connectivity index is 2.78. The minimum Gasteiger partial charge on any atom is -0.389 e. The van der Waals surface area contributed by atoms with Crippen molar-refractivity contribution in [3.8, 4) is 0 Å². The van der Waals surface area contributed by atoms with Gasteiger partial charge in [-0.2, -0.15) is 0 Å². The van der Waals surface area contributed by atoms with Crippen LogP contribution in [0.5, 0.6) is 0 Å². The fourth-order valence-electron chi connectivity index (χ4n) is 1.71. The first-order valence-electron chi connectivity index (χ1n) is 4.36. The van der Waals surface area contributed by atoms with Crippen LogP contribution in [0.25, 0.3) is 10.1 Å². The lowest BCUT2D eigenvalue weighted by molar-refractivity contribution is 0.200. The molecule has 0 aliphatic heterocycles. The van der Waals surface area contributed by atoms with Gasteiger partial charge in [0.2, 0.25) is 0 Å². The van der Waals surface area contributed by atoms with Crippen LogP contribution in [-0.4, -0.2) is 5.11 Å². The summed E-state index contributed by atoms with van der Waals surface area (Å²) in [6.45, 7) is 3.88. The lowest BCUT2D eigenvalue weighted by Gasteiger charge is -2.03. The molecule has 0 aliphatic rings. The zero-order valence-corrected chi connectivity index (χ0v) is 8.56. The summed E-state index contributed by atoms with van der Waals surface area (Å²) in [6, 6.07) is 8.21. The number of hydrogen-bond donors (Lipinski definition) is 1. The first kappa shape index (κ1) is 8.73. The maximum absolute atomic E-state index is 9.60. The van der Waals surface area contributed by atoms with E-state index < -0.39 is 0 Å². The number of fused-ring (bicyclic) bond motifs is 1. The summed E-state index contributed by atoms with van der Waals surface area (Å²) in [5.74, 6) is 0. The normalized spacial score (nSPS) is 13.5. The summed E-state index contributed by atoms with van der Waals surface area (Å²) in [5, 5.41) is 10.8. The molecule has 0 aliphatic carbocycles. The molecule has 0 spiro atoms. The van der Waals surface area contributed by atoms with E-state index in [4.69, 9.17) is 0 Å². The highest BCUT2D eigenvalue weighted by atomic mass is 32.1. The van der Waals surface area contributed by atoms with Gasteiger partial charge in [-0.25, -0.2) is 0 Å². The summed E-state index contributed by atoms with van der Waals surface area (Å²) in [7, 11) is 0. The van der Waals surface area contributed by atoms with Crippen molar-refractivity contribution in [2.45, 2.75) is 20.0 Å². The van der Waals surface area contributed by atoms with Crippen LogP contribution in [0.4, 0.5) is 0 Å². The summed E-state index contributed by atoms with van der Waals surface area (Å²) < 4.78 is 1.26. The average molecular weight is 192 g/mol. The van der Waals surface area contributed by atoms with Gasteiger partial charge < -0.3 is 5.11 Å². The third-order valence-corrected chi connectivity index (χ3v) is 3.34. The second-order valence-corrected chi connectivity index (χ2v) is 4.50. The van der Waals surface area contributed by atoms with Crippen molar-refractivity contribution in [2.75, 3.05) is 0 Å². The summed E-state index contributed by atoms with van der Waals surface area (Å²) >= 11 is 1.75. The standard InChI is InChI=1S/C11H12OS/c1-7(12)11-8(2)13-10-6-4-3-5-9(10)11/h3-7,12H,1-2H3. The summed E-state index contributed by atoms with van der Waals surface area (Å²) in [4.78, 5) is 1.22. The first-order chi connectivity index (χ1) is 6.20. The molecule has 1 heterocycles. The molecule has 13 heavy (non-hydrogen) atoms. The minimum atomic E-state index is -0.365. The Labute approximate surface area is 81.6 Å². The van der Waals surface area contributed by atoms with Gasteiger partial charge in [-0.05, 0) is 25.3 Å². The van der Waals surface area contributed by atoms with E-state index in [-0.39, 0.29) is 6.10 Å². The van der Waals surface area contributed by atoms with Crippen molar-refractivity contribution in [3.63, 3.8) is 0 Å². The quantitative estimate of drug-likeness (QED) is 0.735. The Morgan fingerprint density at radius 2 is 2.00 bits per heavy atom. The Hall–Kier alpha value is -0.860. The van der Waals surface area contributed by atoms with Gasteiger partial charge >= 0.3 is 0 Å². The molecule has 1 N–H and O–H groups in total. The average Bonchev–Trinajstić information content (AvgIpc) is 2.39. The predicted octanol–water partition coefficient (Wildman–Crippen LogP) is 3.26. The highest BCUT2D eigenvalue weighted by molar-refractivity contribution is 7.19. The van der Waals surface area contributed by atoms with Crippen LogP contribution < -0.4 is 0 Å². The molecule has 1 aromatic heterocycles. The molecule has 0 saturated carbocycles. The van der Waals surface area contributed by atoms with Crippen molar-refractivity contribution < 1.29 is 5.11 Å². The monoisotopic (exact) mass is 192 g/mol. The highest BCUT2D eigenvalue weighted by Crippen LogP contribution is 2.34. The maximum atomic E-state index is 9.60. The van der Waals surface area contributed by atoms with E-state index in [1.807, 2.05) is 19.1 Å². The molecule has 0 radical (unpaired) electrons. The molecule has 1 aromatic carbocycles. The SMILES string of the molecule is Cc1sc2ccccc2c1C(C)O. The van der Waals surface area contributed by atoms with Crippen molar-refractivity contribution >= 4 is 21.4 Å². The Bertz CT molecular complexity index is 429. The smallest absolute Gasteiger partial charge is 0.0778 e. The number of hydrogen-bond acceptors (Lipinski definition) is 2. The van der Waals surface area contributed by atoms with Gasteiger partial charge in [0.15, 0.2) is 0 Å². The lowest BCUT2D eigenvalue weighted by atomic mass is 10.1. The zero-order chi connectivity index (χ0) is 9.42. The van der Waals surface area contributed by atoms with Crippen molar-refractivity contribution in [1.29, 1.82) is 0 Å². The van der Waals surface area contributed by atoms with Crippen LogP contribution >= 0.6 is 11.3 Å². The van der Waals surface area contributed by atoms with E-state index >= 15 is 0 Å². The molecule has 1 unspecified atom stereocenters. The topological polar surface area (TPSA) is 20.2 Å². The van der Waals surface area contributed by atoms with E-state index in [1.165, 1.54) is 15.0 Å². The molecule has 0 bridgehead atoms. The fraction of sp³-hybridized carbons (Fsp3) is 0.273. The third-order valence-electron chi connectivity index (χ3n) is 2.24. The molecule has 2 aromatic rings. The Kier molecular flexibility index (Phi) is 2.10. The van der Waals surface area contributed by atoms with Crippen LogP contribution in [0, 0.1) is 6.92 Å². The molecule has 0 saturated heterocycles. The van der Waals surface area contributed by atoms with Gasteiger partial charge in [-0.3, -0.25) is 0 Å². The van der Waals surface area contributed by atoms with Crippen molar-refractivity contribution in [3.05, 3.63) is 34.7 Å². The van der Waals surface area contributed by atoms with Crippen LogP contribution in [0.1, 0.15) is 23.5 Å². The molecular formula is C11H12OS. The summed E-state index contributed by atoms with van der Waals surface area (Å²) in [5.41, 5.74) is 1.08. The Morgan fingerprint density at radius 1 is 1.31 bits per heavy atom. The number of aryl methyl sites for hydroxylation is 1. The molecule has 2 heteroatoms. The van der Waals surface area contributed by atoms with E-state index in [1.54, 1.807) is 11.3 Å². The molecule has 1 atom stereocenters. The van der Waals surface area contributed by atoms with E-state index in [0.29, 0.717) is 0 Å². The van der Waals surface area contributed by atoms with Crippen molar-refractivity contribution in [2.24, 2.45) is 0 Å². The van der Waals surface area contributed by atoms with Gasteiger partial charge in [0, 0.05) is 15.1 Å². The zero-order valence-electron chi connectivity index (χ0n) is 7.74. The fourth-order valence-corrected chi connectivity index (χ4v) is 2.86. The number of aliphatic hydroxyl groups excluding tert-OH is 1. The van der Waals surface area contributed by atoms with Crippen LogP contribution in [0.15, 0.2) is 24.3 Å². The van der Waals surface area contributed by atoms with Gasteiger partial charge in [0.25, 0.3) is 0 Å². The second kappa shape index (κ2) is 3.13. The maximum Gasteiger partial charge on any atom is 0.0778 e. The summed E-state index contributed by atoms with van der Waals surface area (Å²) in [6.07, 6.45) is -0.365. The molecule has 0 fully saturated rings. The van der Waals surface area contributed by atoms with Crippen LogP contribution in [-0.2, 0) is 0 Å². The Morgan fingerprint density at radius 3 is 2.69 bits per heavy atom. The molecule has 2 rings (SSSR count). The van der Waals surface area contributed by atoms with E-state index in [0.717, 1.165) is 5.56 Å². The number of aliphatic hydroxyl groups is 1. The minimum absolute atomic E-state index is 0.365. The first-order valence-corrected chi connectivity index (χ1v) is 5.18. The molecular weight excluding hydrogens is 180 g/mol. The van der Waals surface area contributed by atoms with Gasteiger partial charge in [-0.1, -0.05) is 18.2 Å². The van der Waals surface area contributed by atoms with Crippen LogP contribution in [0.3, 0.4) is 0 Å². The largest absolute Gasteiger partial charge is 0.389 e. The van der Waals surface area contributed by atoms with Gasteiger partial charge in [0.1, 0.15) is 0 Å². The van der Waals surface area contributed by atoms with E-state index in [9.17, 15) is 5.11 Å². The predicted molar refractivity (Wildman–Crippen MR) is 57.2 cm³/mol. The molecule has 68 valence electrons. The number of thiophene rings is 1. The number of benzene rings is 1. The highest BCUT2D eigenvalue weighted by Gasteiger charge is 2.11. The molecule has 1 nitrogen and oxygen atoms in total. The van der Waals surface area contributed by atoms with Gasteiger partial charge in [-0.15, -0.1) is 11.3 Å². The lowest BCUT2D eigenvalue weighted by Crippen LogP contribution is -1.90. The van der Waals surface area contributed by atoms with Crippen LogP contribution in [0.2, 0.25) is 0 Å². The van der Waals surface area contributed by atoms with E-state index in [2.05, 4.69) is 19.1 Å². The third kappa shape index (κ3) is 1.36. The van der Waals surface area contributed by atoms with Gasteiger partial charge in [0.05, 0.1) is 6.10 Å². The number of rotatable bonds is 1. The second-order valence-electron chi connectivity index (χ2n) is 3.24. The molecule has 0 amide bonds.